The van der Waals surface area contributed by atoms with Gasteiger partial charge in [0, 0.05) is 10.9 Å². The molecule has 0 saturated heterocycles. The van der Waals surface area contributed by atoms with Crippen LogP contribution >= 0.6 is 11.6 Å². The maximum Gasteiger partial charge on any atom is 0.475 e. The minimum Gasteiger partial charge on any atom is -0.426 e. The third kappa shape index (κ3) is 6.97. The normalized spacial score (nSPS) is 16.4. The van der Waals surface area contributed by atoms with Gasteiger partial charge in [-0.3, -0.25) is 9.59 Å². The van der Waals surface area contributed by atoms with Crippen molar-refractivity contribution in [2.75, 3.05) is 0 Å². The van der Waals surface area contributed by atoms with E-state index in [2.05, 4.69) is 22.8 Å². The van der Waals surface area contributed by atoms with E-state index in [1.807, 2.05) is 48.5 Å². The number of nitrogens with one attached hydrogen (secondary N) is 2. The Bertz CT molecular complexity index is 1190. The Hall–Kier alpha value is -3.13. The number of carbonyl (C=O) groups is 2. The van der Waals surface area contributed by atoms with Crippen LogP contribution in [0.3, 0.4) is 0 Å². The first-order valence-corrected chi connectivity index (χ1v) is 12.6. The molecule has 0 heterocycles. The first kappa shape index (κ1) is 26.0. The van der Waals surface area contributed by atoms with Gasteiger partial charge in [-0.25, -0.2) is 0 Å². The maximum atomic E-state index is 13.3. The zero-order chi connectivity index (χ0) is 25.5. The fraction of sp³-hybridized carbons (Fsp3) is 0.286. The largest absolute Gasteiger partial charge is 0.475 e. The number of carbonyl (C=O) groups excluding carboxylic acids is 2. The van der Waals surface area contributed by atoms with Crippen LogP contribution in [0, 0.1) is 5.92 Å². The van der Waals surface area contributed by atoms with E-state index >= 15 is 0 Å². The SMILES string of the molecule is O=C(CC(NC(=O)C1CCc2ccccc2C1)c1cccc(Cl)c1)NC(Cc1ccccc1)B(O)O. The van der Waals surface area contributed by atoms with E-state index in [0.29, 0.717) is 17.0 Å². The summed E-state index contributed by atoms with van der Waals surface area (Å²) >= 11 is 6.20. The lowest BCUT2D eigenvalue weighted by Gasteiger charge is -2.27. The number of hydrogen-bond donors (Lipinski definition) is 4. The van der Waals surface area contributed by atoms with Crippen LogP contribution in [0.15, 0.2) is 78.9 Å². The van der Waals surface area contributed by atoms with Gasteiger partial charge in [0.2, 0.25) is 11.8 Å². The van der Waals surface area contributed by atoms with Crippen molar-refractivity contribution in [2.24, 2.45) is 5.92 Å². The molecular weight excluding hydrogens is 475 g/mol. The predicted molar refractivity (Wildman–Crippen MR) is 141 cm³/mol. The van der Waals surface area contributed by atoms with E-state index in [9.17, 15) is 19.6 Å². The number of rotatable bonds is 9. The van der Waals surface area contributed by atoms with Gasteiger partial charge in [-0.1, -0.05) is 78.3 Å². The van der Waals surface area contributed by atoms with E-state index in [4.69, 9.17) is 11.6 Å². The summed E-state index contributed by atoms with van der Waals surface area (Å²) in [4.78, 5) is 26.3. The minimum absolute atomic E-state index is 0.0621. The lowest BCUT2D eigenvalue weighted by atomic mass is 9.76. The molecule has 4 N–H and O–H groups in total. The van der Waals surface area contributed by atoms with Crippen LogP contribution in [-0.2, 0) is 28.9 Å². The maximum absolute atomic E-state index is 13.3. The summed E-state index contributed by atoms with van der Waals surface area (Å²) in [6.45, 7) is 0. The molecule has 0 saturated carbocycles. The van der Waals surface area contributed by atoms with Gasteiger partial charge in [-0.2, -0.15) is 0 Å². The quantitative estimate of drug-likeness (QED) is 0.336. The van der Waals surface area contributed by atoms with Crippen molar-refractivity contribution in [1.82, 2.24) is 10.6 Å². The topological polar surface area (TPSA) is 98.7 Å². The predicted octanol–water partition coefficient (Wildman–Crippen LogP) is 3.43. The monoisotopic (exact) mass is 504 g/mol. The first-order chi connectivity index (χ1) is 17.4. The molecule has 1 aliphatic carbocycles. The van der Waals surface area contributed by atoms with Crippen LogP contribution < -0.4 is 10.6 Å². The van der Waals surface area contributed by atoms with Crippen LogP contribution in [0.1, 0.15) is 41.1 Å². The number of aryl methyl sites for hydroxylation is 1. The molecule has 0 fully saturated rings. The first-order valence-electron chi connectivity index (χ1n) is 12.2. The fourth-order valence-electron chi connectivity index (χ4n) is 4.74. The second kappa shape index (κ2) is 12.2. The summed E-state index contributed by atoms with van der Waals surface area (Å²) in [7, 11) is -1.73. The van der Waals surface area contributed by atoms with E-state index in [1.54, 1.807) is 18.2 Å². The van der Waals surface area contributed by atoms with Crippen LogP contribution in [-0.4, -0.2) is 34.9 Å². The standard InChI is InChI=1S/C28H30BClN2O4/c30-24-12-6-11-22(17-24)25(31-28(34)23-14-13-20-9-4-5-10-21(20)16-23)18-27(33)32-26(29(35)36)15-19-7-2-1-3-8-19/h1-12,17,23,25-26,35-36H,13-16,18H2,(H,31,34)(H,32,33). The Morgan fingerprint density at radius 2 is 1.67 bits per heavy atom. The summed E-state index contributed by atoms with van der Waals surface area (Å²) in [5.74, 6) is -1.58. The Morgan fingerprint density at radius 1 is 0.944 bits per heavy atom. The van der Waals surface area contributed by atoms with Gasteiger partial charge in [0.1, 0.15) is 0 Å². The van der Waals surface area contributed by atoms with E-state index in [1.165, 1.54) is 11.1 Å². The van der Waals surface area contributed by atoms with Crippen molar-refractivity contribution in [3.8, 4) is 0 Å². The van der Waals surface area contributed by atoms with Crippen LogP contribution in [0.5, 0.6) is 0 Å². The molecule has 3 unspecified atom stereocenters. The Balaban J connectivity index is 1.46. The molecule has 0 aromatic heterocycles. The van der Waals surface area contributed by atoms with Crippen molar-refractivity contribution in [2.45, 2.75) is 44.1 Å². The molecule has 1 aliphatic rings. The van der Waals surface area contributed by atoms with Gasteiger partial charge in [-0.05, 0) is 60.1 Å². The van der Waals surface area contributed by atoms with Crippen molar-refractivity contribution < 1.29 is 19.6 Å². The van der Waals surface area contributed by atoms with Crippen molar-refractivity contribution in [1.29, 1.82) is 0 Å². The Labute approximate surface area is 216 Å². The summed E-state index contributed by atoms with van der Waals surface area (Å²) in [6, 6.07) is 23.9. The summed E-state index contributed by atoms with van der Waals surface area (Å²) in [5, 5.41) is 26.0. The number of benzene rings is 3. The smallest absolute Gasteiger partial charge is 0.426 e. The van der Waals surface area contributed by atoms with E-state index in [-0.39, 0.29) is 24.7 Å². The van der Waals surface area contributed by atoms with Crippen molar-refractivity contribution >= 4 is 30.5 Å². The summed E-state index contributed by atoms with van der Waals surface area (Å²) in [6.07, 6.45) is 2.44. The van der Waals surface area contributed by atoms with Gasteiger partial charge in [0.25, 0.3) is 0 Å². The number of amides is 2. The zero-order valence-corrected chi connectivity index (χ0v) is 20.7. The zero-order valence-electron chi connectivity index (χ0n) is 19.9. The average molecular weight is 505 g/mol. The lowest BCUT2D eigenvalue weighted by molar-refractivity contribution is -0.127. The third-order valence-electron chi connectivity index (χ3n) is 6.68. The van der Waals surface area contributed by atoms with Crippen LogP contribution in [0.25, 0.3) is 0 Å². The minimum atomic E-state index is -1.73. The molecule has 3 aromatic rings. The van der Waals surface area contributed by atoms with E-state index in [0.717, 1.165) is 18.4 Å². The van der Waals surface area contributed by atoms with Gasteiger partial charge < -0.3 is 20.7 Å². The summed E-state index contributed by atoms with van der Waals surface area (Å²) < 4.78 is 0. The van der Waals surface area contributed by atoms with Gasteiger partial charge >= 0.3 is 7.12 Å². The number of halogens is 1. The molecule has 0 bridgehead atoms. The fourth-order valence-corrected chi connectivity index (χ4v) is 4.94. The van der Waals surface area contributed by atoms with E-state index < -0.39 is 25.0 Å². The number of hydrogen-bond acceptors (Lipinski definition) is 4. The molecule has 186 valence electrons. The van der Waals surface area contributed by atoms with Gasteiger partial charge in [0.15, 0.2) is 0 Å². The molecule has 2 amide bonds. The summed E-state index contributed by atoms with van der Waals surface area (Å²) in [5.41, 5.74) is 4.04. The molecule has 36 heavy (non-hydrogen) atoms. The van der Waals surface area contributed by atoms with Gasteiger partial charge in [0.05, 0.1) is 18.4 Å². The Morgan fingerprint density at radius 3 is 2.39 bits per heavy atom. The molecule has 6 nitrogen and oxygen atoms in total. The molecule has 3 atom stereocenters. The molecule has 0 radical (unpaired) electrons. The molecule has 4 rings (SSSR count). The second-order valence-corrected chi connectivity index (χ2v) is 9.74. The highest BCUT2D eigenvalue weighted by molar-refractivity contribution is 6.43. The van der Waals surface area contributed by atoms with Gasteiger partial charge in [-0.15, -0.1) is 0 Å². The molecule has 3 aromatic carbocycles. The molecule has 0 spiro atoms. The lowest BCUT2D eigenvalue weighted by Crippen LogP contribution is -2.49. The van der Waals surface area contributed by atoms with Crippen molar-refractivity contribution in [3.63, 3.8) is 0 Å². The highest BCUT2D eigenvalue weighted by Crippen LogP contribution is 2.27. The average Bonchev–Trinajstić information content (AvgIpc) is 2.88. The molecular formula is C28H30BClN2O4. The van der Waals surface area contributed by atoms with Crippen LogP contribution in [0.2, 0.25) is 5.02 Å². The Kier molecular flexibility index (Phi) is 8.81. The molecule has 8 heteroatoms. The highest BCUT2D eigenvalue weighted by atomic mass is 35.5. The molecule has 0 aliphatic heterocycles. The third-order valence-corrected chi connectivity index (χ3v) is 6.91. The highest BCUT2D eigenvalue weighted by Gasteiger charge is 2.30. The number of fused-ring (bicyclic) bond motifs is 1. The van der Waals surface area contributed by atoms with Crippen molar-refractivity contribution in [3.05, 3.63) is 106 Å². The second-order valence-electron chi connectivity index (χ2n) is 9.31. The van der Waals surface area contributed by atoms with Crippen LogP contribution in [0.4, 0.5) is 0 Å².